The van der Waals surface area contributed by atoms with Crippen LogP contribution in [0, 0.1) is 5.82 Å². The summed E-state index contributed by atoms with van der Waals surface area (Å²) in [6.45, 7) is 0.962. The van der Waals surface area contributed by atoms with Crippen molar-refractivity contribution in [2.24, 2.45) is 0 Å². The van der Waals surface area contributed by atoms with E-state index in [1.807, 2.05) is 0 Å². The largest absolute Gasteiger partial charge is 0.505 e. The number of alkyl carbamates (subject to hydrolysis) is 1. The van der Waals surface area contributed by atoms with Crippen molar-refractivity contribution in [1.29, 1.82) is 0 Å². The number of carbonyl (C=O) groups is 2. The van der Waals surface area contributed by atoms with Crippen molar-refractivity contribution in [2.45, 2.75) is 50.0 Å². The van der Waals surface area contributed by atoms with E-state index in [1.165, 1.54) is 13.2 Å². The SMILES string of the molecule is COC(=O)NC1(C(=O)N2CCCC(c3cccc(O)c3F)C2)CCCC1. The van der Waals surface area contributed by atoms with Crippen molar-refractivity contribution in [3.8, 4) is 5.75 Å². The van der Waals surface area contributed by atoms with Crippen molar-refractivity contribution in [1.82, 2.24) is 10.2 Å². The van der Waals surface area contributed by atoms with Crippen molar-refractivity contribution < 1.29 is 23.8 Å². The Kier molecular flexibility index (Phi) is 5.34. The molecule has 1 saturated heterocycles. The molecule has 0 bridgehead atoms. The maximum absolute atomic E-state index is 14.3. The van der Waals surface area contributed by atoms with Crippen LogP contribution in [0.25, 0.3) is 0 Å². The second kappa shape index (κ2) is 7.51. The molecule has 3 rings (SSSR count). The van der Waals surface area contributed by atoms with Crippen molar-refractivity contribution >= 4 is 12.0 Å². The predicted octanol–water partition coefficient (Wildman–Crippen LogP) is 2.91. The number of amides is 2. The molecular formula is C19H25FN2O4. The second-order valence-corrected chi connectivity index (χ2v) is 7.18. The monoisotopic (exact) mass is 364 g/mol. The maximum Gasteiger partial charge on any atom is 0.407 e. The first-order valence-corrected chi connectivity index (χ1v) is 9.10. The molecule has 1 aromatic rings. The van der Waals surface area contributed by atoms with E-state index < -0.39 is 17.4 Å². The van der Waals surface area contributed by atoms with Crippen LogP contribution < -0.4 is 5.32 Å². The summed E-state index contributed by atoms with van der Waals surface area (Å²) in [5.74, 6) is -1.28. The Labute approximate surface area is 152 Å². The van der Waals surface area contributed by atoms with E-state index in [0.29, 0.717) is 31.5 Å². The number of rotatable bonds is 3. The third kappa shape index (κ3) is 3.48. The zero-order valence-corrected chi connectivity index (χ0v) is 15.0. The number of aromatic hydroxyl groups is 1. The number of piperidine rings is 1. The van der Waals surface area contributed by atoms with E-state index in [1.54, 1.807) is 17.0 Å². The molecule has 1 saturated carbocycles. The first-order chi connectivity index (χ1) is 12.5. The lowest BCUT2D eigenvalue weighted by atomic mass is 9.88. The molecule has 0 spiro atoms. The quantitative estimate of drug-likeness (QED) is 0.864. The van der Waals surface area contributed by atoms with Crippen molar-refractivity contribution in [3.05, 3.63) is 29.6 Å². The molecule has 2 fully saturated rings. The van der Waals surface area contributed by atoms with Gasteiger partial charge in [0.05, 0.1) is 7.11 Å². The number of ether oxygens (including phenoxy) is 1. The number of halogens is 1. The van der Waals surface area contributed by atoms with Gasteiger partial charge < -0.3 is 20.1 Å². The minimum atomic E-state index is -0.924. The number of nitrogens with zero attached hydrogens (tertiary/aromatic N) is 1. The van der Waals surface area contributed by atoms with Gasteiger partial charge in [0, 0.05) is 19.0 Å². The molecule has 26 heavy (non-hydrogen) atoms. The minimum Gasteiger partial charge on any atom is -0.505 e. The number of carbonyl (C=O) groups excluding carboxylic acids is 2. The van der Waals surface area contributed by atoms with Gasteiger partial charge in [0.1, 0.15) is 5.54 Å². The summed E-state index contributed by atoms with van der Waals surface area (Å²) < 4.78 is 19.0. The Hall–Kier alpha value is -2.31. The molecule has 6 nitrogen and oxygen atoms in total. The number of benzene rings is 1. The van der Waals surface area contributed by atoms with Gasteiger partial charge in [0.2, 0.25) is 5.91 Å². The molecule has 7 heteroatoms. The van der Waals surface area contributed by atoms with E-state index >= 15 is 0 Å². The van der Waals surface area contributed by atoms with E-state index in [4.69, 9.17) is 4.74 Å². The topological polar surface area (TPSA) is 78.9 Å². The van der Waals surface area contributed by atoms with Crippen LogP contribution in [0.4, 0.5) is 9.18 Å². The number of nitrogens with one attached hydrogen (secondary N) is 1. The van der Waals surface area contributed by atoms with Crippen LogP contribution in [-0.2, 0) is 9.53 Å². The molecular weight excluding hydrogens is 339 g/mol. The van der Waals surface area contributed by atoms with Gasteiger partial charge in [-0.15, -0.1) is 0 Å². The summed E-state index contributed by atoms with van der Waals surface area (Å²) in [5, 5.41) is 12.4. The van der Waals surface area contributed by atoms with Crippen LogP contribution in [0.2, 0.25) is 0 Å². The highest BCUT2D eigenvalue weighted by molar-refractivity contribution is 5.90. The summed E-state index contributed by atoms with van der Waals surface area (Å²) in [6, 6.07) is 4.59. The van der Waals surface area contributed by atoms with Crippen LogP contribution in [0.1, 0.15) is 50.0 Å². The molecule has 1 aromatic carbocycles. The van der Waals surface area contributed by atoms with Crippen LogP contribution in [0.3, 0.4) is 0 Å². The fraction of sp³-hybridized carbons (Fsp3) is 0.579. The number of phenols is 1. The smallest absolute Gasteiger partial charge is 0.407 e. The Morgan fingerprint density at radius 2 is 2.04 bits per heavy atom. The third-order valence-electron chi connectivity index (χ3n) is 5.55. The normalized spacial score (nSPS) is 22.1. The van der Waals surface area contributed by atoms with Gasteiger partial charge in [-0.25, -0.2) is 9.18 Å². The standard InChI is InChI=1S/C19H25FN2O4/c1-26-18(25)21-19(9-2-3-10-19)17(24)22-11-5-6-13(12-22)14-7-4-8-15(23)16(14)20/h4,7-8,13,23H,2-3,5-6,9-12H2,1H3,(H,21,25). The molecule has 1 atom stereocenters. The number of phenolic OH excluding ortho intramolecular Hbond substituents is 1. The lowest BCUT2D eigenvalue weighted by Crippen LogP contribution is -2.59. The van der Waals surface area contributed by atoms with Gasteiger partial charge in [0.15, 0.2) is 11.6 Å². The lowest BCUT2D eigenvalue weighted by molar-refractivity contribution is -0.139. The zero-order chi connectivity index (χ0) is 18.7. The Balaban J connectivity index is 1.78. The zero-order valence-electron chi connectivity index (χ0n) is 15.0. The summed E-state index contributed by atoms with van der Waals surface area (Å²) in [6.07, 6.45) is 3.81. The number of likely N-dealkylation sites (tertiary alicyclic amines) is 1. The van der Waals surface area contributed by atoms with E-state index in [9.17, 15) is 19.1 Å². The summed E-state index contributed by atoms with van der Waals surface area (Å²) in [5.41, 5.74) is -0.490. The van der Waals surface area contributed by atoms with E-state index in [2.05, 4.69) is 5.32 Å². The number of methoxy groups -OCH3 is 1. The average Bonchev–Trinajstić information content (AvgIpc) is 3.13. The highest BCUT2D eigenvalue weighted by Crippen LogP contribution is 2.36. The highest BCUT2D eigenvalue weighted by Gasteiger charge is 2.46. The molecule has 142 valence electrons. The molecule has 1 aliphatic carbocycles. The summed E-state index contributed by atoms with van der Waals surface area (Å²) in [7, 11) is 1.28. The van der Waals surface area contributed by atoms with Gasteiger partial charge in [-0.05, 0) is 37.3 Å². The lowest BCUT2D eigenvalue weighted by Gasteiger charge is -2.39. The van der Waals surface area contributed by atoms with E-state index in [-0.39, 0.29) is 17.6 Å². The summed E-state index contributed by atoms with van der Waals surface area (Å²) >= 11 is 0. The summed E-state index contributed by atoms with van der Waals surface area (Å²) in [4.78, 5) is 26.7. The second-order valence-electron chi connectivity index (χ2n) is 7.18. The van der Waals surface area contributed by atoms with Crippen molar-refractivity contribution in [2.75, 3.05) is 20.2 Å². The minimum absolute atomic E-state index is 0.120. The van der Waals surface area contributed by atoms with Crippen LogP contribution in [-0.4, -0.2) is 47.7 Å². The number of hydrogen-bond donors (Lipinski definition) is 2. The maximum atomic E-state index is 14.3. The Morgan fingerprint density at radius 1 is 1.31 bits per heavy atom. The molecule has 1 aliphatic heterocycles. The highest BCUT2D eigenvalue weighted by atomic mass is 19.1. The van der Waals surface area contributed by atoms with Gasteiger partial charge in [-0.1, -0.05) is 25.0 Å². The van der Waals surface area contributed by atoms with Gasteiger partial charge in [0.25, 0.3) is 0 Å². The fourth-order valence-corrected chi connectivity index (χ4v) is 4.19. The third-order valence-corrected chi connectivity index (χ3v) is 5.55. The molecule has 0 radical (unpaired) electrons. The molecule has 0 aromatic heterocycles. The molecule has 1 unspecified atom stereocenters. The fourth-order valence-electron chi connectivity index (χ4n) is 4.19. The Morgan fingerprint density at radius 3 is 2.73 bits per heavy atom. The predicted molar refractivity (Wildman–Crippen MR) is 93.4 cm³/mol. The first-order valence-electron chi connectivity index (χ1n) is 9.10. The van der Waals surface area contributed by atoms with Crippen LogP contribution in [0.5, 0.6) is 5.75 Å². The molecule has 2 amide bonds. The van der Waals surface area contributed by atoms with Crippen LogP contribution >= 0.6 is 0 Å². The van der Waals surface area contributed by atoms with Crippen LogP contribution in [0.15, 0.2) is 18.2 Å². The Bertz CT molecular complexity index is 688. The van der Waals surface area contributed by atoms with Gasteiger partial charge in [-0.3, -0.25) is 4.79 Å². The molecule has 1 heterocycles. The van der Waals surface area contributed by atoms with Gasteiger partial charge >= 0.3 is 6.09 Å². The molecule has 2 N–H and O–H groups in total. The average molecular weight is 364 g/mol. The first kappa shape index (κ1) is 18.5. The molecule has 2 aliphatic rings. The van der Waals surface area contributed by atoms with E-state index in [0.717, 1.165) is 25.7 Å². The van der Waals surface area contributed by atoms with Crippen molar-refractivity contribution in [3.63, 3.8) is 0 Å². The van der Waals surface area contributed by atoms with Gasteiger partial charge in [-0.2, -0.15) is 0 Å². The number of hydrogen-bond acceptors (Lipinski definition) is 4.